The summed E-state index contributed by atoms with van der Waals surface area (Å²) in [7, 11) is 0. The van der Waals surface area contributed by atoms with Gasteiger partial charge >= 0.3 is 0 Å². The molecule has 3 heterocycles. The number of aromatic amines is 1. The zero-order chi connectivity index (χ0) is 20.3. The normalized spacial score (nSPS) is 21.0. The molecule has 1 amide bonds. The highest BCUT2D eigenvalue weighted by Gasteiger charge is 2.30. The molecule has 2 fully saturated rings. The van der Waals surface area contributed by atoms with Crippen LogP contribution in [-0.4, -0.2) is 51.4 Å². The van der Waals surface area contributed by atoms with Crippen LogP contribution in [0.4, 0.5) is 5.69 Å². The number of hydrogen-bond acceptors (Lipinski definition) is 4. The summed E-state index contributed by atoms with van der Waals surface area (Å²) >= 11 is 2.06. The minimum absolute atomic E-state index is 0.0865. The predicted molar refractivity (Wildman–Crippen MR) is 125 cm³/mol. The van der Waals surface area contributed by atoms with Crippen molar-refractivity contribution < 1.29 is 4.79 Å². The molecule has 1 atom stereocenters. The molecule has 30 heavy (non-hydrogen) atoms. The number of imidazole rings is 1. The Morgan fingerprint density at radius 2 is 1.87 bits per heavy atom. The summed E-state index contributed by atoms with van der Waals surface area (Å²) in [5, 5.41) is 3.14. The number of nitrogens with zero attached hydrogens (tertiary/aromatic N) is 2. The Morgan fingerprint density at radius 1 is 1.07 bits per heavy atom. The van der Waals surface area contributed by atoms with Gasteiger partial charge in [-0.05, 0) is 80.1 Å². The van der Waals surface area contributed by atoms with Gasteiger partial charge in [0, 0.05) is 23.8 Å². The molecule has 0 radical (unpaired) electrons. The lowest BCUT2D eigenvalue weighted by atomic mass is 9.94. The van der Waals surface area contributed by atoms with E-state index < -0.39 is 0 Å². The van der Waals surface area contributed by atoms with Crippen LogP contribution in [0.2, 0.25) is 0 Å². The number of para-hydroxylation sites is 2. The van der Waals surface area contributed by atoms with Crippen LogP contribution < -0.4 is 5.32 Å². The van der Waals surface area contributed by atoms with Crippen molar-refractivity contribution in [2.24, 2.45) is 5.92 Å². The van der Waals surface area contributed by atoms with Crippen molar-refractivity contribution in [2.75, 3.05) is 29.9 Å². The number of anilines is 1. The Labute approximate surface area is 181 Å². The molecular formula is C24H28N4OS. The first-order valence-electron chi connectivity index (χ1n) is 10.9. The summed E-state index contributed by atoms with van der Waals surface area (Å²) in [5.74, 6) is 3.61. The number of nitrogens with one attached hydrogen (secondary N) is 2. The molecule has 5 nitrogen and oxygen atoms in total. The zero-order valence-electron chi connectivity index (χ0n) is 17.1. The second-order valence-corrected chi connectivity index (χ2v) is 9.57. The van der Waals surface area contributed by atoms with Crippen molar-refractivity contribution in [1.82, 2.24) is 14.9 Å². The van der Waals surface area contributed by atoms with E-state index in [1.807, 2.05) is 48.5 Å². The topological polar surface area (TPSA) is 61.0 Å². The summed E-state index contributed by atoms with van der Waals surface area (Å²) < 4.78 is 0. The molecule has 1 unspecified atom stereocenters. The molecule has 0 bridgehead atoms. The van der Waals surface area contributed by atoms with Crippen LogP contribution >= 0.6 is 11.8 Å². The van der Waals surface area contributed by atoms with Crippen molar-refractivity contribution in [2.45, 2.75) is 31.7 Å². The van der Waals surface area contributed by atoms with Gasteiger partial charge in [-0.15, -0.1) is 0 Å². The number of carbonyl (C=O) groups is 1. The van der Waals surface area contributed by atoms with Crippen LogP contribution in [0.25, 0.3) is 22.4 Å². The maximum atomic E-state index is 12.9. The van der Waals surface area contributed by atoms with E-state index in [4.69, 9.17) is 0 Å². The number of piperidine rings is 1. The lowest BCUT2D eigenvalue weighted by Crippen LogP contribution is -2.47. The molecule has 2 aromatic carbocycles. The van der Waals surface area contributed by atoms with E-state index in [0.29, 0.717) is 6.04 Å². The molecule has 156 valence electrons. The average Bonchev–Trinajstić information content (AvgIpc) is 3.24. The van der Waals surface area contributed by atoms with Gasteiger partial charge in [-0.3, -0.25) is 9.69 Å². The van der Waals surface area contributed by atoms with E-state index in [1.165, 1.54) is 24.3 Å². The number of hydrogen-bond donors (Lipinski definition) is 2. The third-order valence-corrected chi connectivity index (χ3v) is 7.39. The number of fused-ring (bicyclic) bond motifs is 1. The van der Waals surface area contributed by atoms with Gasteiger partial charge in [-0.2, -0.15) is 11.8 Å². The first-order chi connectivity index (χ1) is 14.8. The number of benzene rings is 2. The van der Waals surface area contributed by atoms with Crippen molar-refractivity contribution in [1.29, 1.82) is 0 Å². The van der Waals surface area contributed by atoms with Gasteiger partial charge in [0.25, 0.3) is 0 Å². The highest BCUT2D eigenvalue weighted by atomic mass is 32.2. The van der Waals surface area contributed by atoms with Crippen molar-refractivity contribution in [3.8, 4) is 11.4 Å². The number of aromatic nitrogens is 2. The third kappa shape index (κ3) is 4.25. The first-order valence-corrected chi connectivity index (χ1v) is 12.1. The average molecular weight is 421 g/mol. The Balaban J connectivity index is 1.22. The summed E-state index contributed by atoms with van der Waals surface area (Å²) in [6.07, 6.45) is 4.64. The van der Waals surface area contributed by atoms with Gasteiger partial charge in [0.2, 0.25) is 5.91 Å². The first kappa shape index (κ1) is 19.6. The maximum Gasteiger partial charge on any atom is 0.228 e. The van der Waals surface area contributed by atoms with E-state index in [2.05, 4.69) is 31.9 Å². The quantitative estimate of drug-likeness (QED) is 0.638. The number of carbonyl (C=O) groups excluding carboxylic acids is 1. The molecule has 3 aromatic rings. The van der Waals surface area contributed by atoms with Gasteiger partial charge in [-0.1, -0.05) is 12.1 Å². The highest BCUT2D eigenvalue weighted by molar-refractivity contribution is 7.99. The van der Waals surface area contributed by atoms with Gasteiger partial charge in [0.15, 0.2) is 0 Å². The molecule has 2 saturated heterocycles. The van der Waals surface area contributed by atoms with E-state index in [9.17, 15) is 4.79 Å². The van der Waals surface area contributed by atoms with Crippen LogP contribution in [0.15, 0.2) is 48.5 Å². The number of thioether (sulfide) groups is 1. The Bertz CT molecular complexity index is 976. The molecule has 1 aromatic heterocycles. The number of H-pyrrole nitrogens is 1. The Kier molecular flexibility index (Phi) is 5.77. The molecule has 5 rings (SSSR count). The Hall–Kier alpha value is -2.31. The third-order valence-electron chi connectivity index (χ3n) is 6.35. The molecule has 0 saturated carbocycles. The lowest BCUT2D eigenvalue weighted by Gasteiger charge is -2.39. The molecule has 6 heteroatoms. The second kappa shape index (κ2) is 8.82. The monoisotopic (exact) mass is 420 g/mol. The molecule has 2 aliphatic heterocycles. The molecule has 0 aliphatic carbocycles. The van der Waals surface area contributed by atoms with E-state index in [-0.39, 0.29) is 11.8 Å². The summed E-state index contributed by atoms with van der Waals surface area (Å²) in [4.78, 5) is 23.5. The van der Waals surface area contributed by atoms with E-state index >= 15 is 0 Å². The molecule has 2 aliphatic rings. The van der Waals surface area contributed by atoms with Crippen LogP contribution in [0.5, 0.6) is 0 Å². The van der Waals surface area contributed by atoms with Crippen LogP contribution in [0, 0.1) is 5.92 Å². The van der Waals surface area contributed by atoms with Gasteiger partial charge in [-0.25, -0.2) is 4.98 Å². The van der Waals surface area contributed by atoms with Crippen molar-refractivity contribution in [3.05, 3.63) is 48.5 Å². The summed E-state index contributed by atoms with van der Waals surface area (Å²) in [6.45, 7) is 2.05. The van der Waals surface area contributed by atoms with Gasteiger partial charge in [0.1, 0.15) is 5.82 Å². The molecule has 0 spiro atoms. The van der Waals surface area contributed by atoms with Crippen LogP contribution in [0.3, 0.4) is 0 Å². The number of amides is 1. The highest BCUT2D eigenvalue weighted by Crippen LogP contribution is 2.27. The fraction of sp³-hybridized carbons (Fsp3) is 0.417. The van der Waals surface area contributed by atoms with E-state index in [1.54, 1.807) is 0 Å². The number of rotatable bonds is 4. The molecular weight excluding hydrogens is 392 g/mol. The smallest absolute Gasteiger partial charge is 0.228 e. The second-order valence-electron chi connectivity index (χ2n) is 8.35. The fourth-order valence-electron chi connectivity index (χ4n) is 4.65. The SMILES string of the molecule is O=C(Nc1ccc(-c2nc3ccccc3[nH]2)cc1)C1CCCN(C2CCSCC2)C1. The Morgan fingerprint density at radius 3 is 2.67 bits per heavy atom. The lowest BCUT2D eigenvalue weighted by molar-refractivity contribution is -0.121. The summed E-state index contributed by atoms with van der Waals surface area (Å²) in [6, 6.07) is 16.7. The minimum atomic E-state index is 0.0865. The van der Waals surface area contributed by atoms with Crippen LogP contribution in [-0.2, 0) is 4.79 Å². The minimum Gasteiger partial charge on any atom is -0.338 e. The standard InChI is InChI=1S/C24H28N4OS/c29-24(18-4-3-13-28(16-18)20-11-14-30-15-12-20)25-19-9-7-17(8-10-19)23-26-21-5-1-2-6-22(21)27-23/h1-2,5-10,18,20H,3-4,11-16H2,(H,25,29)(H,26,27). The zero-order valence-corrected chi connectivity index (χ0v) is 18.0. The predicted octanol–water partition coefficient (Wildman–Crippen LogP) is 4.78. The van der Waals surface area contributed by atoms with E-state index in [0.717, 1.165) is 54.0 Å². The fourth-order valence-corrected chi connectivity index (χ4v) is 5.73. The largest absolute Gasteiger partial charge is 0.338 e. The number of likely N-dealkylation sites (tertiary alicyclic amines) is 1. The van der Waals surface area contributed by atoms with Crippen LogP contribution in [0.1, 0.15) is 25.7 Å². The summed E-state index contributed by atoms with van der Waals surface area (Å²) in [5.41, 5.74) is 3.86. The van der Waals surface area contributed by atoms with Gasteiger partial charge < -0.3 is 10.3 Å². The maximum absolute atomic E-state index is 12.9. The van der Waals surface area contributed by atoms with Gasteiger partial charge in [0.05, 0.1) is 17.0 Å². The van der Waals surface area contributed by atoms with Crippen molar-refractivity contribution in [3.63, 3.8) is 0 Å². The van der Waals surface area contributed by atoms with Crippen molar-refractivity contribution >= 4 is 34.4 Å². The molecule has 2 N–H and O–H groups in total.